The van der Waals surface area contributed by atoms with Gasteiger partial charge in [-0.15, -0.1) is 0 Å². The zero-order valence-corrected chi connectivity index (χ0v) is 17.5. The van der Waals surface area contributed by atoms with Gasteiger partial charge in [-0.1, -0.05) is 0 Å². The Kier molecular flexibility index (Phi) is 5.00. The SMILES string of the molecule is COc1ccc(C(=O)N2CCC[C@H](n3c(=O)n(CC4CC4)c4cccnc43)C2)cc1F. The van der Waals surface area contributed by atoms with Crippen molar-refractivity contribution in [1.29, 1.82) is 0 Å². The first kappa shape index (κ1) is 19.8. The summed E-state index contributed by atoms with van der Waals surface area (Å²) in [5.74, 6) is -0.139. The molecule has 0 unspecified atom stereocenters. The average Bonchev–Trinajstić information content (AvgIpc) is 3.57. The molecule has 1 aliphatic carbocycles. The van der Waals surface area contributed by atoms with E-state index in [0.29, 0.717) is 31.2 Å². The highest BCUT2D eigenvalue weighted by Gasteiger charge is 2.31. The molecule has 0 bridgehead atoms. The number of pyridine rings is 1. The van der Waals surface area contributed by atoms with E-state index in [1.807, 2.05) is 16.7 Å². The first-order chi connectivity index (χ1) is 15.1. The molecule has 8 heteroatoms. The minimum absolute atomic E-state index is 0.0598. The average molecular weight is 424 g/mol. The van der Waals surface area contributed by atoms with E-state index in [-0.39, 0.29) is 29.0 Å². The number of piperidine rings is 1. The van der Waals surface area contributed by atoms with Crippen molar-refractivity contribution in [3.05, 3.63) is 58.4 Å². The second kappa shape index (κ2) is 7.83. The van der Waals surface area contributed by atoms with Gasteiger partial charge in [0.15, 0.2) is 17.2 Å². The third-order valence-electron chi connectivity index (χ3n) is 6.31. The number of hydrogen-bond acceptors (Lipinski definition) is 4. The quantitative estimate of drug-likeness (QED) is 0.631. The van der Waals surface area contributed by atoms with E-state index in [1.165, 1.54) is 19.2 Å². The Morgan fingerprint density at radius 2 is 2.10 bits per heavy atom. The van der Waals surface area contributed by atoms with Crippen LogP contribution >= 0.6 is 0 Å². The smallest absolute Gasteiger partial charge is 0.330 e. The number of carbonyl (C=O) groups excluding carboxylic acids is 1. The molecule has 0 N–H and O–H groups in total. The Morgan fingerprint density at radius 1 is 1.26 bits per heavy atom. The van der Waals surface area contributed by atoms with Gasteiger partial charge in [-0.2, -0.15) is 0 Å². The molecule has 3 aromatic rings. The van der Waals surface area contributed by atoms with Gasteiger partial charge < -0.3 is 9.64 Å². The monoisotopic (exact) mass is 424 g/mol. The third kappa shape index (κ3) is 3.60. The number of imidazole rings is 1. The molecule has 1 amide bonds. The minimum Gasteiger partial charge on any atom is -0.494 e. The maximum atomic E-state index is 14.1. The standard InChI is InChI=1S/C23H25FN4O3/c1-31-20-9-8-16(12-18(20)24)22(29)26-11-3-4-17(14-26)28-21-19(5-2-10-25-21)27(23(28)30)13-15-6-7-15/h2,5,8-10,12,15,17H,3-4,6-7,11,13-14H2,1H3/t17-/m0/s1. The summed E-state index contributed by atoms with van der Waals surface area (Å²) in [5.41, 5.74) is 1.74. The number of fused-ring (bicyclic) bond motifs is 1. The van der Waals surface area contributed by atoms with Crippen molar-refractivity contribution >= 4 is 17.1 Å². The van der Waals surface area contributed by atoms with Crippen molar-refractivity contribution in [3.8, 4) is 5.75 Å². The Balaban J connectivity index is 1.45. The van der Waals surface area contributed by atoms with Gasteiger partial charge in [-0.05, 0) is 61.9 Å². The van der Waals surface area contributed by atoms with Crippen LogP contribution in [0, 0.1) is 11.7 Å². The number of methoxy groups -OCH3 is 1. The molecule has 2 aliphatic rings. The molecule has 1 aliphatic heterocycles. The fourth-order valence-corrected chi connectivity index (χ4v) is 4.50. The Morgan fingerprint density at radius 3 is 2.84 bits per heavy atom. The number of amides is 1. The lowest BCUT2D eigenvalue weighted by molar-refractivity contribution is 0.0678. The number of halogens is 1. The first-order valence-electron chi connectivity index (χ1n) is 10.8. The summed E-state index contributed by atoms with van der Waals surface area (Å²) in [6.45, 7) is 1.69. The summed E-state index contributed by atoms with van der Waals surface area (Å²) in [6.07, 6.45) is 5.57. The van der Waals surface area contributed by atoms with Gasteiger partial charge in [0.1, 0.15) is 0 Å². The van der Waals surface area contributed by atoms with Crippen LogP contribution in [0.5, 0.6) is 5.75 Å². The van der Waals surface area contributed by atoms with Gasteiger partial charge >= 0.3 is 5.69 Å². The summed E-state index contributed by atoms with van der Waals surface area (Å²) in [4.78, 5) is 32.6. The van der Waals surface area contributed by atoms with E-state index in [9.17, 15) is 14.0 Å². The number of carbonyl (C=O) groups is 1. The second-order valence-corrected chi connectivity index (χ2v) is 8.45. The van der Waals surface area contributed by atoms with Gasteiger partial charge in [0.25, 0.3) is 5.91 Å². The summed E-state index contributed by atoms with van der Waals surface area (Å²) >= 11 is 0. The van der Waals surface area contributed by atoms with Gasteiger partial charge in [-0.25, -0.2) is 14.2 Å². The molecule has 2 aromatic heterocycles. The highest BCUT2D eigenvalue weighted by atomic mass is 19.1. The highest BCUT2D eigenvalue weighted by molar-refractivity contribution is 5.94. The molecule has 162 valence electrons. The zero-order valence-electron chi connectivity index (χ0n) is 17.5. The maximum Gasteiger partial charge on any atom is 0.330 e. The molecular formula is C23H25FN4O3. The van der Waals surface area contributed by atoms with Gasteiger partial charge in [0.05, 0.1) is 18.7 Å². The van der Waals surface area contributed by atoms with Crippen LogP contribution in [0.4, 0.5) is 4.39 Å². The van der Waals surface area contributed by atoms with Crippen LogP contribution in [0.2, 0.25) is 0 Å². The zero-order chi connectivity index (χ0) is 21.5. The topological polar surface area (TPSA) is 69.4 Å². The van der Waals surface area contributed by atoms with Crippen LogP contribution in [0.15, 0.2) is 41.3 Å². The van der Waals surface area contributed by atoms with Crippen LogP contribution < -0.4 is 10.4 Å². The molecule has 7 nitrogen and oxygen atoms in total. The molecule has 5 rings (SSSR count). The Bertz CT molecular complexity index is 1200. The molecule has 1 atom stereocenters. The van der Waals surface area contributed by atoms with Crippen LogP contribution in [-0.4, -0.2) is 45.1 Å². The van der Waals surface area contributed by atoms with Crippen LogP contribution in [0.1, 0.15) is 42.1 Å². The van der Waals surface area contributed by atoms with Crippen molar-refractivity contribution in [2.24, 2.45) is 5.92 Å². The molecule has 1 aromatic carbocycles. The van der Waals surface area contributed by atoms with Gasteiger partial charge in [0.2, 0.25) is 0 Å². The van der Waals surface area contributed by atoms with E-state index >= 15 is 0 Å². The Hall–Kier alpha value is -3.16. The number of ether oxygens (including phenoxy) is 1. The van der Waals surface area contributed by atoms with Crippen molar-refractivity contribution in [2.75, 3.05) is 20.2 Å². The molecule has 2 fully saturated rings. The lowest BCUT2D eigenvalue weighted by atomic mass is 10.0. The first-order valence-corrected chi connectivity index (χ1v) is 10.8. The van der Waals surface area contributed by atoms with Crippen molar-refractivity contribution in [3.63, 3.8) is 0 Å². The highest BCUT2D eigenvalue weighted by Crippen LogP contribution is 2.32. The lowest BCUT2D eigenvalue weighted by Crippen LogP contribution is -2.43. The van der Waals surface area contributed by atoms with E-state index in [2.05, 4.69) is 4.98 Å². The molecular weight excluding hydrogens is 399 g/mol. The summed E-state index contributed by atoms with van der Waals surface area (Å²) in [5, 5.41) is 0. The number of aromatic nitrogens is 3. The number of likely N-dealkylation sites (tertiary alicyclic amines) is 1. The fourth-order valence-electron chi connectivity index (χ4n) is 4.50. The van der Waals surface area contributed by atoms with Crippen LogP contribution in [-0.2, 0) is 6.54 Å². The molecule has 1 saturated carbocycles. The number of nitrogens with zero attached hydrogens (tertiary/aromatic N) is 4. The predicted octanol–water partition coefficient (Wildman–Crippen LogP) is 3.23. The molecule has 3 heterocycles. The molecule has 1 saturated heterocycles. The molecule has 31 heavy (non-hydrogen) atoms. The fraction of sp³-hybridized carbons (Fsp3) is 0.435. The summed E-state index contributed by atoms with van der Waals surface area (Å²) in [7, 11) is 1.39. The number of rotatable bonds is 5. The predicted molar refractivity (Wildman–Crippen MR) is 114 cm³/mol. The maximum absolute atomic E-state index is 14.1. The number of hydrogen-bond donors (Lipinski definition) is 0. The van der Waals surface area contributed by atoms with Gasteiger partial charge in [0, 0.05) is 31.4 Å². The number of benzene rings is 1. The van der Waals surface area contributed by atoms with Crippen molar-refractivity contribution in [1.82, 2.24) is 19.0 Å². The van der Waals surface area contributed by atoms with Crippen LogP contribution in [0.3, 0.4) is 0 Å². The van der Waals surface area contributed by atoms with E-state index in [1.54, 1.807) is 21.7 Å². The lowest BCUT2D eigenvalue weighted by Gasteiger charge is -2.33. The van der Waals surface area contributed by atoms with Crippen molar-refractivity contribution < 1.29 is 13.9 Å². The second-order valence-electron chi connectivity index (χ2n) is 8.45. The Labute approximate surface area is 179 Å². The van der Waals surface area contributed by atoms with Gasteiger partial charge in [-0.3, -0.25) is 13.9 Å². The normalized spacial score (nSPS) is 19.0. The largest absolute Gasteiger partial charge is 0.494 e. The van der Waals surface area contributed by atoms with Crippen molar-refractivity contribution in [2.45, 2.75) is 38.3 Å². The molecule has 0 radical (unpaired) electrons. The minimum atomic E-state index is -0.564. The van der Waals surface area contributed by atoms with E-state index < -0.39 is 5.82 Å². The van der Waals surface area contributed by atoms with Crippen LogP contribution in [0.25, 0.3) is 11.2 Å². The van der Waals surface area contributed by atoms with E-state index in [0.717, 1.165) is 31.2 Å². The summed E-state index contributed by atoms with van der Waals surface area (Å²) < 4.78 is 22.6. The summed E-state index contributed by atoms with van der Waals surface area (Å²) in [6, 6.07) is 7.87. The molecule has 0 spiro atoms. The third-order valence-corrected chi connectivity index (χ3v) is 6.31. The van der Waals surface area contributed by atoms with E-state index in [4.69, 9.17) is 4.74 Å².